The van der Waals surface area contributed by atoms with Gasteiger partial charge in [0.05, 0.1) is 5.69 Å². The van der Waals surface area contributed by atoms with Gasteiger partial charge in [-0.15, -0.1) is 0 Å². The molecule has 0 aliphatic carbocycles. The zero-order valence-electron chi connectivity index (χ0n) is 14.2. The second-order valence-corrected chi connectivity index (χ2v) is 6.60. The molecule has 0 radical (unpaired) electrons. The fraction of sp³-hybridized carbons (Fsp3) is 0.190. The van der Waals surface area contributed by atoms with Crippen LogP contribution in [-0.2, 0) is 6.42 Å². The van der Waals surface area contributed by atoms with E-state index in [0.29, 0.717) is 0 Å². The Kier molecular flexibility index (Phi) is 3.52. The summed E-state index contributed by atoms with van der Waals surface area (Å²) in [6.07, 6.45) is 3.15. The monoisotopic (exact) mass is 347 g/mol. The topological polar surface area (TPSA) is 43.0 Å². The minimum absolute atomic E-state index is 0.252. The van der Waals surface area contributed by atoms with Crippen LogP contribution in [0.4, 0.5) is 10.2 Å². The Balaban J connectivity index is 1.71. The number of benzene rings is 2. The quantitative estimate of drug-likeness (QED) is 0.544. The van der Waals surface area contributed by atoms with Gasteiger partial charge in [0.2, 0.25) is 0 Å². The van der Waals surface area contributed by atoms with Crippen LogP contribution in [-0.4, -0.2) is 16.3 Å². The van der Waals surface area contributed by atoms with E-state index in [1.54, 1.807) is 12.1 Å². The van der Waals surface area contributed by atoms with Crippen LogP contribution < -0.4 is 5.32 Å². The highest BCUT2D eigenvalue weighted by atomic mass is 19.1. The van der Waals surface area contributed by atoms with E-state index in [-0.39, 0.29) is 5.82 Å². The van der Waals surface area contributed by atoms with Gasteiger partial charge in [-0.25, -0.2) is 9.07 Å². The first kappa shape index (κ1) is 15.2. The molecule has 1 N–H and O–H groups in total. The van der Waals surface area contributed by atoms with E-state index >= 15 is 0 Å². The summed E-state index contributed by atoms with van der Waals surface area (Å²) in [6, 6.07) is 16.4. The van der Waals surface area contributed by atoms with Crippen molar-refractivity contribution in [1.29, 1.82) is 0 Å². The van der Waals surface area contributed by atoms with E-state index in [1.807, 2.05) is 35.0 Å². The van der Waals surface area contributed by atoms with Crippen LogP contribution in [0.15, 0.2) is 59.0 Å². The number of halogens is 1. The smallest absolute Gasteiger partial charge is 0.156 e. The summed E-state index contributed by atoms with van der Waals surface area (Å²) in [6.45, 7) is 0.902. The van der Waals surface area contributed by atoms with E-state index in [0.717, 1.165) is 65.3 Å². The summed E-state index contributed by atoms with van der Waals surface area (Å²) < 4.78 is 21.3. The van der Waals surface area contributed by atoms with Crippen molar-refractivity contribution in [3.8, 4) is 17.1 Å². The summed E-state index contributed by atoms with van der Waals surface area (Å²) in [5.74, 6) is 1.49. The Morgan fingerprint density at radius 2 is 1.88 bits per heavy atom. The van der Waals surface area contributed by atoms with Crippen molar-refractivity contribution in [1.82, 2.24) is 9.78 Å². The SMILES string of the molecule is Fc1ccc(-n2nc(-c3cc4ccccc4o3)c3c2NCCCC3)cc1. The van der Waals surface area contributed by atoms with Gasteiger partial charge in [0.1, 0.15) is 22.9 Å². The molecule has 0 saturated carbocycles. The molecule has 0 saturated heterocycles. The molecule has 2 aromatic heterocycles. The van der Waals surface area contributed by atoms with Crippen molar-refractivity contribution < 1.29 is 8.81 Å². The summed E-state index contributed by atoms with van der Waals surface area (Å²) in [5, 5.41) is 9.40. The summed E-state index contributed by atoms with van der Waals surface area (Å²) in [4.78, 5) is 0. The number of hydrogen-bond acceptors (Lipinski definition) is 3. The maximum atomic E-state index is 13.3. The third kappa shape index (κ3) is 2.47. The van der Waals surface area contributed by atoms with Gasteiger partial charge in [0, 0.05) is 17.5 Å². The molecule has 0 bridgehead atoms. The van der Waals surface area contributed by atoms with Gasteiger partial charge < -0.3 is 9.73 Å². The molecule has 0 atom stereocenters. The number of fused-ring (bicyclic) bond motifs is 2. The predicted molar refractivity (Wildman–Crippen MR) is 100 cm³/mol. The molecule has 5 rings (SSSR count). The zero-order chi connectivity index (χ0) is 17.5. The lowest BCUT2D eigenvalue weighted by Crippen LogP contribution is -2.07. The molecule has 3 heterocycles. The normalized spacial score (nSPS) is 14.0. The number of nitrogens with one attached hydrogen (secondary N) is 1. The molecule has 4 aromatic rings. The van der Waals surface area contributed by atoms with Crippen LogP contribution >= 0.6 is 0 Å². The minimum Gasteiger partial charge on any atom is -0.454 e. The molecular formula is C21H18FN3O. The molecule has 1 aliphatic heterocycles. The summed E-state index contributed by atoms with van der Waals surface area (Å²) in [5.41, 5.74) is 3.70. The second-order valence-electron chi connectivity index (χ2n) is 6.60. The van der Waals surface area contributed by atoms with Gasteiger partial charge in [-0.2, -0.15) is 5.10 Å². The number of hydrogen-bond donors (Lipinski definition) is 1. The highest BCUT2D eigenvalue weighted by Gasteiger charge is 2.23. The minimum atomic E-state index is -0.252. The first-order valence-electron chi connectivity index (χ1n) is 8.90. The van der Waals surface area contributed by atoms with E-state index < -0.39 is 0 Å². The Hall–Kier alpha value is -3.08. The van der Waals surface area contributed by atoms with Crippen LogP contribution in [0.25, 0.3) is 28.1 Å². The van der Waals surface area contributed by atoms with Gasteiger partial charge in [0.15, 0.2) is 5.76 Å². The van der Waals surface area contributed by atoms with Gasteiger partial charge in [-0.05, 0) is 55.7 Å². The maximum absolute atomic E-state index is 13.3. The molecule has 5 heteroatoms. The van der Waals surface area contributed by atoms with Crippen molar-refractivity contribution in [3.05, 3.63) is 66.0 Å². The number of furan rings is 1. The molecule has 0 fully saturated rings. The molecule has 4 nitrogen and oxygen atoms in total. The number of aromatic nitrogens is 2. The molecule has 26 heavy (non-hydrogen) atoms. The van der Waals surface area contributed by atoms with E-state index in [9.17, 15) is 4.39 Å². The lowest BCUT2D eigenvalue weighted by Gasteiger charge is -2.09. The van der Waals surface area contributed by atoms with Gasteiger partial charge in [-0.3, -0.25) is 0 Å². The van der Waals surface area contributed by atoms with Crippen LogP contribution in [0.2, 0.25) is 0 Å². The molecule has 2 aromatic carbocycles. The molecule has 0 spiro atoms. The van der Waals surface area contributed by atoms with Gasteiger partial charge >= 0.3 is 0 Å². The molecule has 0 amide bonds. The highest BCUT2D eigenvalue weighted by Crippen LogP contribution is 2.36. The first-order chi connectivity index (χ1) is 12.8. The maximum Gasteiger partial charge on any atom is 0.156 e. The Bertz CT molecular complexity index is 1050. The van der Waals surface area contributed by atoms with Crippen molar-refractivity contribution >= 4 is 16.8 Å². The average Bonchev–Trinajstić information content (AvgIpc) is 3.16. The standard InChI is InChI=1S/C21H18FN3O/c22-15-8-10-16(11-9-15)25-21-17(6-3-4-12-23-21)20(24-25)19-13-14-5-1-2-7-18(14)26-19/h1-2,5,7-11,13,23H,3-4,6,12H2. The van der Waals surface area contributed by atoms with E-state index in [2.05, 4.69) is 5.32 Å². The fourth-order valence-electron chi connectivity index (χ4n) is 3.57. The van der Waals surface area contributed by atoms with E-state index in [4.69, 9.17) is 9.52 Å². The van der Waals surface area contributed by atoms with Crippen molar-refractivity contribution in [2.24, 2.45) is 0 Å². The number of anilines is 1. The lowest BCUT2D eigenvalue weighted by atomic mass is 10.1. The summed E-state index contributed by atoms with van der Waals surface area (Å²) in [7, 11) is 0. The van der Waals surface area contributed by atoms with Gasteiger partial charge in [0.25, 0.3) is 0 Å². The average molecular weight is 347 g/mol. The predicted octanol–water partition coefficient (Wildman–Crippen LogP) is 5.17. The Morgan fingerprint density at radius 1 is 1.04 bits per heavy atom. The summed E-state index contributed by atoms with van der Waals surface area (Å²) >= 11 is 0. The number of rotatable bonds is 2. The lowest BCUT2D eigenvalue weighted by molar-refractivity contribution is 0.624. The van der Waals surface area contributed by atoms with E-state index in [1.165, 1.54) is 12.1 Å². The first-order valence-corrected chi connectivity index (χ1v) is 8.90. The van der Waals surface area contributed by atoms with Crippen LogP contribution in [0.1, 0.15) is 18.4 Å². The molecular weight excluding hydrogens is 329 g/mol. The van der Waals surface area contributed by atoms with Crippen LogP contribution in [0, 0.1) is 5.82 Å². The van der Waals surface area contributed by atoms with Crippen molar-refractivity contribution in [3.63, 3.8) is 0 Å². The third-order valence-electron chi connectivity index (χ3n) is 4.86. The second kappa shape index (κ2) is 6.02. The van der Waals surface area contributed by atoms with Crippen LogP contribution in [0.5, 0.6) is 0 Å². The zero-order valence-corrected chi connectivity index (χ0v) is 14.2. The Morgan fingerprint density at radius 3 is 2.73 bits per heavy atom. The number of para-hydroxylation sites is 1. The molecule has 130 valence electrons. The van der Waals surface area contributed by atoms with Crippen molar-refractivity contribution in [2.45, 2.75) is 19.3 Å². The highest BCUT2D eigenvalue weighted by molar-refractivity contribution is 5.83. The van der Waals surface area contributed by atoms with Crippen LogP contribution in [0.3, 0.4) is 0 Å². The third-order valence-corrected chi connectivity index (χ3v) is 4.86. The largest absolute Gasteiger partial charge is 0.454 e. The molecule has 0 unspecified atom stereocenters. The van der Waals surface area contributed by atoms with Gasteiger partial charge in [-0.1, -0.05) is 18.2 Å². The Labute approximate surface area is 150 Å². The molecule has 1 aliphatic rings. The van der Waals surface area contributed by atoms with Crippen molar-refractivity contribution in [2.75, 3.05) is 11.9 Å². The number of nitrogens with zero attached hydrogens (tertiary/aromatic N) is 2. The fourth-order valence-corrected chi connectivity index (χ4v) is 3.57.